The zero-order valence-electron chi connectivity index (χ0n) is 9.57. The van der Waals surface area contributed by atoms with Gasteiger partial charge in [-0.05, 0) is 18.6 Å². The van der Waals surface area contributed by atoms with Crippen LogP contribution in [0.15, 0.2) is 18.2 Å². The number of hydrogen-bond donors (Lipinski definition) is 2. The van der Waals surface area contributed by atoms with Gasteiger partial charge in [0.05, 0.1) is 17.7 Å². The minimum Gasteiger partial charge on any atom is -0.496 e. The minimum absolute atomic E-state index is 0. The Hall–Kier alpha value is -0.970. The molecule has 0 heterocycles. The summed E-state index contributed by atoms with van der Waals surface area (Å²) in [5.74, 6) is -0.503. The molecule has 1 atom stereocenters. The van der Waals surface area contributed by atoms with Gasteiger partial charge in [0.1, 0.15) is 5.75 Å². The average molecular weight is 280 g/mol. The van der Waals surface area contributed by atoms with Crippen LogP contribution in [-0.4, -0.2) is 18.1 Å². The number of hydrogen-bond acceptors (Lipinski definition) is 3. The molecule has 1 rings (SSSR count). The molecule has 0 spiro atoms. The molecule has 1 amide bonds. The smallest absolute Gasteiger partial charge is 0.254 e. The Balaban J connectivity index is 0.00000256. The predicted molar refractivity (Wildman–Crippen MR) is 68.6 cm³/mol. The Morgan fingerprint density at radius 2 is 2.18 bits per heavy atom. The summed E-state index contributed by atoms with van der Waals surface area (Å²) in [6.45, 7) is 1.65. The Labute approximate surface area is 111 Å². The largest absolute Gasteiger partial charge is 0.496 e. The van der Waals surface area contributed by atoms with Crippen molar-refractivity contribution in [3.63, 3.8) is 0 Å². The Bertz CT molecular complexity index is 412. The minimum atomic E-state index is -1.80. The number of rotatable bonds is 4. The molecule has 96 valence electrons. The molecule has 0 aliphatic carbocycles. The molecule has 0 saturated heterocycles. The molecular formula is C11H15Cl2NO3. The van der Waals surface area contributed by atoms with E-state index in [2.05, 4.69) is 0 Å². The summed E-state index contributed by atoms with van der Waals surface area (Å²) in [5, 5.41) is 10.5. The molecular weight excluding hydrogens is 265 g/mol. The summed E-state index contributed by atoms with van der Waals surface area (Å²) in [6, 6.07) is 4.86. The van der Waals surface area contributed by atoms with E-state index in [0.717, 1.165) is 0 Å². The highest BCUT2D eigenvalue weighted by Gasteiger charge is 2.38. The standard InChI is InChI=1S/C11H14ClNO3.ClH/c1-3-11(15,10(13)14)9-7(12)5-4-6-8(9)16-2;/h4-6,15H,3H2,1-2H3,(H2,13,14);1H. The topological polar surface area (TPSA) is 72.5 Å². The van der Waals surface area contributed by atoms with Gasteiger partial charge in [0.2, 0.25) is 0 Å². The lowest BCUT2D eigenvalue weighted by molar-refractivity contribution is -0.137. The third kappa shape index (κ3) is 2.83. The first-order chi connectivity index (χ1) is 7.47. The van der Waals surface area contributed by atoms with E-state index in [-0.39, 0.29) is 29.4 Å². The molecule has 17 heavy (non-hydrogen) atoms. The number of amides is 1. The molecule has 3 N–H and O–H groups in total. The predicted octanol–water partition coefficient (Wildman–Crippen LogP) is 1.85. The number of methoxy groups -OCH3 is 1. The molecule has 0 saturated carbocycles. The number of primary amides is 1. The molecule has 0 bridgehead atoms. The second kappa shape index (κ2) is 6.10. The lowest BCUT2D eigenvalue weighted by Gasteiger charge is -2.26. The van der Waals surface area contributed by atoms with Gasteiger partial charge in [-0.25, -0.2) is 0 Å². The first-order valence-corrected chi connectivity index (χ1v) is 5.20. The van der Waals surface area contributed by atoms with Crippen molar-refractivity contribution in [2.75, 3.05) is 7.11 Å². The number of nitrogens with two attached hydrogens (primary N) is 1. The van der Waals surface area contributed by atoms with Gasteiger partial charge in [-0.1, -0.05) is 24.6 Å². The van der Waals surface area contributed by atoms with Crippen LogP contribution in [0, 0.1) is 0 Å². The molecule has 0 radical (unpaired) electrons. The quantitative estimate of drug-likeness (QED) is 0.884. The van der Waals surface area contributed by atoms with Crippen LogP contribution in [0.2, 0.25) is 5.02 Å². The van der Waals surface area contributed by atoms with Crippen LogP contribution >= 0.6 is 24.0 Å². The van der Waals surface area contributed by atoms with E-state index >= 15 is 0 Å². The summed E-state index contributed by atoms with van der Waals surface area (Å²) >= 11 is 5.97. The monoisotopic (exact) mass is 279 g/mol. The molecule has 1 unspecified atom stereocenters. The van der Waals surface area contributed by atoms with Crippen molar-refractivity contribution < 1.29 is 14.6 Å². The zero-order chi connectivity index (χ0) is 12.3. The molecule has 0 aromatic heterocycles. The summed E-state index contributed by atoms with van der Waals surface area (Å²) in [6.07, 6.45) is 0.127. The summed E-state index contributed by atoms with van der Waals surface area (Å²) in [7, 11) is 1.44. The third-order valence-corrected chi connectivity index (χ3v) is 2.84. The molecule has 0 aliphatic heterocycles. The summed E-state index contributed by atoms with van der Waals surface area (Å²) in [4.78, 5) is 11.3. The van der Waals surface area contributed by atoms with E-state index in [4.69, 9.17) is 22.1 Å². The normalized spacial score (nSPS) is 13.4. The fourth-order valence-electron chi connectivity index (χ4n) is 1.55. The molecule has 4 nitrogen and oxygen atoms in total. The number of carbonyl (C=O) groups is 1. The van der Waals surface area contributed by atoms with E-state index in [1.165, 1.54) is 7.11 Å². The van der Waals surface area contributed by atoms with E-state index < -0.39 is 11.5 Å². The van der Waals surface area contributed by atoms with Crippen LogP contribution < -0.4 is 10.5 Å². The van der Waals surface area contributed by atoms with Crippen LogP contribution in [0.4, 0.5) is 0 Å². The second-order valence-corrected chi connectivity index (χ2v) is 3.80. The molecule has 0 aliphatic rings. The number of halogens is 2. The van der Waals surface area contributed by atoms with Crippen molar-refractivity contribution in [3.05, 3.63) is 28.8 Å². The molecule has 0 fully saturated rings. The van der Waals surface area contributed by atoms with Crippen molar-refractivity contribution in [2.24, 2.45) is 5.73 Å². The summed E-state index contributed by atoms with van der Waals surface area (Å²) in [5.41, 5.74) is 3.62. The van der Waals surface area contributed by atoms with Gasteiger partial charge in [0.15, 0.2) is 5.60 Å². The van der Waals surface area contributed by atoms with Crippen LogP contribution in [0.3, 0.4) is 0 Å². The highest BCUT2D eigenvalue weighted by atomic mass is 35.5. The molecule has 1 aromatic rings. The fraction of sp³-hybridized carbons (Fsp3) is 0.364. The number of carbonyl (C=O) groups excluding carboxylic acids is 1. The van der Waals surface area contributed by atoms with Gasteiger partial charge in [0, 0.05) is 0 Å². The lowest BCUT2D eigenvalue weighted by atomic mass is 9.89. The van der Waals surface area contributed by atoms with Gasteiger partial charge in [-0.3, -0.25) is 4.79 Å². The third-order valence-electron chi connectivity index (χ3n) is 2.53. The second-order valence-electron chi connectivity index (χ2n) is 3.40. The van der Waals surface area contributed by atoms with Crippen molar-refractivity contribution in [1.82, 2.24) is 0 Å². The number of ether oxygens (including phenoxy) is 1. The maximum atomic E-state index is 11.3. The van der Waals surface area contributed by atoms with E-state index in [0.29, 0.717) is 5.75 Å². The molecule has 1 aromatic carbocycles. The van der Waals surface area contributed by atoms with Crippen LogP contribution in [0.1, 0.15) is 18.9 Å². The van der Waals surface area contributed by atoms with E-state index in [1.54, 1.807) is 25.1 Å². The Kier molecular flexibility index (Phi) is 5.75. The number of benzene rings is 1. The van der Waals surface area contributed by atoms with Crippen molar-refractivity contribution in [3.8, 4) is 5.75 Å². The fourth-order valence-corrected chi connectivity index (χ4v) is 1.87. The maximum absolute atomic E-state index is 11.3. The Morgan fingerprint density at radius 3 is 2.59 bits per heavy atom. The van der Waals surface area contributed by atoms with Crippen molar-refractivity contribution in [2.45, 2.75) is 18.9 Å². The van der Waals surface area contributed by atoms with E-state index in [9.17, 15) is 9.90 Å². The summed E-state index contributed by atoms with van der Waals surface area (Å²) < 4.78 is 5.07. The van der Waals surface area contributed by atoms with Gasteiger partial charge in [-0.2, -0.15) is 0 Å². The van der Waals surface area contributed by atoms with Gasteiger partial charge in [0.25, 0.3) is 5.91 Å². The lowest BCUT2D eigenvalue weighted by Crippen LogP contribution is -2.41. The van der Waals surface area contributed by atoms with Crippen molar-refractivity contribution >= 4 is 29.9 Å². The highest BCUT2D eigenvalue weighted by Crippen LogP contribution is 2.37. The first-order valence-electron chi connectivity index (χ1n) is 4.82. The van der Waals surface area contributed by atoms with Crippen molar-refractivity contribution in [1.29, 1.82) is 0 Å². The SMILES string of the molecule is CCC(O)(C(N)=O)c1c(Cl)cccc1OC.Cl. The van der Waals surface area contributed by atoms with Crippen LogP contribution in [-0.2, 0) is 10.4 Å². The Morgan fingerprint density at radius 1 is 1.59 bits per heavy atom. The molecule has 6 heteroatoms. The zero-order valence-corrected chi connectivity index (χ0v) is 11.1. The first kappa shape index (κ1) is 16.0. The maximum Gasteiger partial charge on any atom is 0.254 e. The number of aliphatic hydroxyl groups is 1. The average Bonchev–Trinajstić information content (AvgIpc) is 2.27. The van der Waals surface area contributed by atoms with Crippen LogP contribution in [0.5, 0.6) is 5.75 Å². The highest BCUT2D eigenvalue weighted by molar-refractivity contribution is 6.32. The van der Waals surface area contributed by atoms with E-state index in [1.807, 2.05) is 0 Å². The van der Waals surface area contributed by atoms with Crippen LogP contribution in [0.25, 0.3) is 0 Å². The van der Waals surface area contributed by atoms with Gasteiger partial charge >= 0.3 is 0 Å². The van der Waals surface area contributed by atoms with Gasteiger partial charge in [-0.15, -0.1) is 12.4 Å². The van der Waals surface area contributed by atoms with Gasteiger partial charge < -0.3 is 15.6 Å².